The van der Waals surface area contributed by atoms with Crippen molar-refractivity contribution in [3.63, 3.8) is 0 Å². The van der Waals surface area contributed by atoms with Crippen molar-refractivity contribution in [2.45, 2.75) is 0 Å². The van der Waals surface area contributed by atoms with Gasteiger partial charge in [-0.05, 0) is 69.4 Å². The molecule has 0 aliphatic rings. The number of furan rings is 1. The Balaban J connectivity index is 1.31. The summed E-state index contributed by atoms with van der Waals surface area (Å²) in [7, 11) is 0. The third-order valence-corrected chi connectivity index (χ3v) is 10.4. The van der Waals surface area contributed by atoms with Gasteiger partial charge in [0.25, 0.3) is 0 Å². The van der Waals surface area contributed by atoms with Crippen molar-refractivity contribution in [1.29, 1.82) is 0 Å². The van der Waals surface area contributed by atoms with Crippen molar-refractivity contribution >= 4 is 75.3 Å². The minimum atomic E-state index is 0.897. The van der Waals surface area contributed by atoms with Crippen molar-refractivity contribution < 1.29 is 4.42 Å². The van der Waals surface area contributed by atoms with Crippen LogP contribution in [0.1, 0.15) is 0 Å². The summed E-state index contributed by atoms with van der Waals surface area (Å²) in [6, 6.07) is 54.5. The number of para-hydroxylation sites is 2. The Hall–Kier alpha value is -5.64. The average molecular weight is 592 g/mol. The van der Waals surface area contributed by atoms with Gasteiger partial charge in [0.2, 0.25) is 0 Å². The molecule has 0 unspecified atom stereocenters. The predicted octanol–water partition coefficient (Wildman–Crippen LogP) is 12.4. The van der Waals surface area contributed by atoms with E-state index in [4.69, 9.17) is 4.42 Å². The number of nitrogens with zero attached hydrogens (tertiary/aromatic N) is 1. The van der Waals surface area contributed by atoms with Crippen molar-refractivity contribution in [2.24, 2.45) is 0 Å². The molecule has 0 spiro atoms. The Morgan fingerprint density at radius 1 is 0.467 bits per heavy atom. The molecule has 2 nitrogen and oxygen atoms in total. The summed E-state index contributed by atoms with van der Waals surface area (Å²) in [6.07, 6.45) is 0. The van der Waals surface area contributed by atoms with Crippen LogP contribution in [0.25, 0.3) is 91.9 Å². The van der Waals surface area contributed by atoms with Gasteiger partial charge in [0, 0.05) is 31.2 Å². The molecule has 210 valence electrons. The molecule has 0 bridgehead atoms. The summed E-state index contributed by atoms with van der Waals surface area (Å²) in [4.78, 5) is 0. The first-order chi connectivity index (χ1) is 22.3. The molecule has 0 saturated carbocycles. The van der Waals surface area contributed by atoms with Crippen LogP contribution in [-0.2, 0) is 0 Å². The summed E-state index contributed by atoms with van der Waals surface area (Å²) in [6.45, 7) is 0. The van der Waals surface area contributed by atoms with E-state index in [-0.39, 0.29) is 0 Å². The van der Waals surface area contributed by atoms with Gasteiger partial charge >= 0.3 is 0 Å². The first-order valence-corrected chi connectivity index (χ1v) is 16.1. The Bertz CT molecular complexity index is 2760. The van der Waals surface area contributed by atoms with Gasteiger partial charge in [-0.15, -0.1) is 11.3 Å². The molecular formula is C42H25NOS. The highest BCUT2D eigenvalue weighted by Crippen LogP contribution is 2.47. The van der Waals surface area contributed by atoms with Crippen LogP contribution in [0.2, 0.25) is 0 Å². The van der Waals surface area contributed by atoms with Gasteiger partial charge in [-0.2, -0.15) is 0 Å². The number of fused-ring (bicyclic) bond motifs is 10. The highest BCUT2D eigenvalue weighted by Gasteiger charge is 2.23. The summed E-state index contributed by atoms with van der Waals surface area (Å²) in [5, 5.41) is 7.48. The van der Waals surface area contributed by atoms with Crippen LogP contribution < -0.4 is 0 Å². The molecule has 0 N–H and O–H groups in total. The molecule has 0 radical (unpaired) electrons. The molecule has 10 aromatic rings. The van der Waals surface area contributed by atoms with Gasteiger partial charge in [-0.1, -0.05) is 115 Å². The molecule has 0 aliphatic carbocycles. The second-order valence-electron chi connectivity index (χ2n) is 11.6. The maximum Gasteiger partial charge on any atom is 0.161 e. The Morgan fingerprint density at radius 3 is 1.98 bits per heavy atom. The maximum absolute atomic E-state index is 6.71. The molecular weight excluding hydrogens is 567 g/mol. The third-order valence-electron chi connectivity index (χ3n) is 9.21. The van der Waals surface area contributed by atoms with Gasteiger partial charge in [-0.3, -0.25) is 0 Å². The number of hydrogen-bond donors (Lipinski definition) is 0. The van der Waals surface area contributed by atoms with E-state index in [1.807, 2.05) is 11.3 Å². The van der Waals surface area contributed by atoms with E-state index >= 15 is 0 Å². The van der Waals surface area contributed by atoms with Gasteiger partial charge in [0.15, 0.2) is 5.58 Å². The first-order valence-electron chi connectivity index (χ1n) is 15.3. The van der Waals surface area contributed by atoms with Gasteiger partial charge < -0.3 is 8.98 Å². The van der Waals surface area contributed by atoms with Gasteiger partial charge in [-0.25, -0.2) is 0 Å². The lowest BCUT2D eigenvalue weighted by Gasteiger charge is -2.14. The van der Waals surface area contributed by atoms with Crippen molar-refractivity contribution in [3.05, 3.63) is 152 Å². The smallest absolute Gasteiger partial charge is 0.161 e. The van der Waals surface area contributed by atoms with Crippen LogP contribution in [0.5, 0.6) is 0 Å². The largest absolute Gasteiger partial charge is 0.454 e. The van der Waals surface area contributed by atoms with E-state index in [0.29, 0.717) is 0 Å². The van der Waals surface area contributed by atoms with Crippen LogP contribution in [-0.4, -0.2) is 4.57 Å². The van der Waals surface area contributed by atoms with Crippen LogP contribution in [0, 0.1) is 0 Å². The van der Waals surface area contributed by atoms with E-state index in [1.165, 1.54) is 53.2 Å². The zero-order valence-electron chi connectivity index (χ0n) is 24.2. The summed E-state index contributed by atoms with van der Waals surface area (Å²) >= 11 is 1.89. The fraction of sp³-hybridized carbons (Fsp3) is 0. The fourth-order valence-corrected chi connectivity index (χ4v) is 8.57. The lowest BCUT2D eigenvalue weighted by Crippen LogP contribution is -1.94. The highest BCUT2D eigenvalue weighted by molar-refractivity contribution is 7.26. The van der Waals surface area contributed by atoms with Gasteiger partial charge in [0.05, 0.1) is 10.9 Å². The van der Waals surface area contributed by atoms with E-state index in [9.17, 15) is 0 Å². The van der Waals surface area contributed by atoms with Crippen molar-refractivity contribution in [2.75, 3.05) is 0 Å². The number of rotatable bonds is 3. The first kappa shape index (κ1) is 24.8. The van der Waals surface area contributed by atoms with E-state index < -0.39 is 0 Å². The number of aromatic nitrogens is 1. The predicted molar refractivity (Wildman–Crippen MR) is 192 cm³/mol. The van der Waals surface area contributed by atoms with Gasteiger partial charge in [0.1, 0.15) is 11.1 Å². The molecule has 3 heteroatoms. The maximum atomic E-state index is 6.71. The SMILES string of the molecule is c1ccc(-n2c3ccccc3c3oc4cccc(-c5ccccc5-c5cccc6sc7c8ccccc8ccc7c56)c4c32)cc1. The normalized spacial score (nSPS) is 12.0. The second kappa shape index (κ2) is 9.43. The molecule has 3 aromatic heterocycles. The average Bonchev–Trinajstić information content (AvgIpc) is 3.78. The van der Waals surface area contributed by atoms with Crippen LogP contribution in [0.4, 0.5) is 0 Å². The molecule has 7 aromatic carbocycles. The highest BCUT2D eigenvalue weighted by atomic mass is 32.1. The molecule has 45 heavy (non-hydrogen) atoms. The van der Waals surface area contributed by atoms with Crippen LogP contribution >= 0.6 is 11.3 Å². The summed E-state index contributed by atoms with van der Waals surface area (Å²) < 4.78 is 11.7. The molecule has 0 saturated heterocycles. The molecule has 0 atom stereocenters. The molecule has 0 fully saturated rings. The Morgan fingerprint density at radius 2 is 1.13 bits per heavy atom. The topological polar surface area (TPSA) is 18.1 Å². The van der Waals surface area contributed by atoms with E-state index in [2.05, 4.69) is 156 Å². The summed E-state index contributed by atoms with van der Waals surface area (Å²) in [5.41, 5.74) is 10.0. The third kappa shape index (κ3) is 3.50. The number of thiophene rings is 1. The Labute approximate surface area is 263 Å². The zero-order chi connectivity index (χ0) is 29.5. The summed E-state index contributed by atoms with van der Waals surface area (Å²) in [5.74, 6) is 0. The van der Waals surface area contributed by atoms with Crippen molar-refractivity contribution in [3.8, 4) is 27.9 Å². The zero-order valence-corrected chi connectivity index (χ0v) is 25.0. The molecule has 10 rings (SSSR count). The minimum absolute atomic E-state index is 0.897. The number of hydrogen-bond acceptors (Lipinski definition) is 2. The monoisotopic (exact) mass is 591 g/mol. The second-order valence-corrected chi connectivity index (χ2v) is 12.7. The lowest BCUT2D eigenvalue weighted by atomic mass is 9.90. The van der Waals surface area contributed by atoms with E-state index in [0.717, 1.165) is 38.7 Å². The minimum Gasteiger partial charge on any atom is -0.454 e. The standard InChI is InChI=1S/C42H25NOS/c1-2-13-27(14-3-1)43-35-21-9-8-18-33(35)41-40(43)39-32(19-10-22-36(39)44-41)30-17-7-6-16-29(30)31-20-11-23-37-38(31)34-25-24-26-12-4-5-15-28(26)42(34)45-37/h1-25H. The van der Waals surface area contributed by atoms with Crippen LogP contribution in [0.3, 0.4) is 0 Å². The Kier molecular flexibility index (Phi) is 5.19. The molecule has 0 amide bonds. The molecule has 3 heterocycles. The van der Waals surface area contributed by atoms with E-state index in [1.54, 1.807) is 0 Å². The van der Waals surface area contributed by atoms with Crippen molar-refractivity contribution in [1.82, 2.24) is 4.57 Å². The fourth-order valence-electron chi connectivity index (χ4n) is 7.31. The number of benzene rings is 7. The lowest BCUT2D eigenvalue weighted by molar-refractivity contribution is 0.673. The quantitative estimate of drug-likeness (QED) is 0.200. The molecule has 0 aliphatic heterocycles. The van der Waals surface area contributed by atoms with Crippen LogP contribution in [0.15, 0.2) is 156 Å².